The van der Waals surface area contributed by atoms with Crippen molar-refractivity contribution in [2.75, 3.05) is 31.1 Å². The number of aryl methyl sites for hydroxylation is 3. The van der Waals surface area contributed by atoms with E-state index in [0.29, 0.717) is 48.9 Å². The molecule has 0 N–H and O–H groups in total. The molecule has 1 aromatic carbocycles. The number of benzene rings is 1. The fourth-order valence-electron chi connectivity index (χ4n) is 3.75. The second kappa shape index (κ2) is 7.55. The van der Waals surface area contributed by atoms with E-state index in [0.717, 1.165) is 9.75 Å². The molecule has 3 aromatic rings. The molecule has 0 spiro atoms. The predicted octanol–water partition coefficient (Wildman–Crippen LogP) is 3.98. The molecule has 1 fully saturated rings. The lowest BCUT2D eigenvalue weighted by Crippen LogP contribution is -2.49. The van der Waals surface area contributed by atoms with Crippen LogP contribution in [0.2, 0.25) is 0 Å². The summed E-state index contributed by atoms with van der Waals surface area (Å²) in [5, 5.41) is 3.91. The van der Waals surface area contributed by atoms with Crippen LogP contribution in [0.25, 0.3) is 11.3 Å². The van der Waals surface area contributed by atoms with E-state index in [2.05, 4.69) is 5.16 Å². The highest BCUT2D eigenvalue weighted by Gasteiger charge is 2.35. The molecular weight excluding hydrogens is 413 g/mol. The van der Waals surface area contributed by atoms with E-state index in [-0.39, 0.29) is 10.7 Å². The SMILES string of the molecule is Cc1cc(-c2c(C)sc(C)c2S(=O)(=O)N2CCN(c3ccccc3F)CC2)on1. The van der Waals surface area contributed by atoms with Gasteiger partial charge in [0.15, 0.2) is 5.76 Å². The van der Waals surface area contributed by atoms with E-state index in [4.69, 9.17) is 4.52 Å². The number of thiophene rings is 1. The summed E-state index contributed by atoms with van der Waals surface area (Å²) < 4.78 is 48.0. The monoisotopic (exact) mass is 435 g/mol. The first-order chi connectivity index (χ1) is 13.8. The van der Waals surface area contributed by atoms with Crippen LogP contribution in [0.3, 0.4) is 0 Å². The molecule has 1 saturated heterocycles. The molecule has 0 bridgehead atoms. The summed E-state index contributed by atoms with van der Waals surface area (Å²) >= 11 is 1.44. The fourth-order valence-corrected chi connectivity index (χ4v) is 6.99. The van der Waals surface area contributed by atoms with Crippen molar-refractivity contribution in [1.29, 1.82) is 0 Å². The van der Waals surface area contributed by atoms with Crippen molar-refractivity contribution in [3.63, 3.8) is 0 Å². The number of aromatic nitrogens is 1. The highest BCUT2D eigenvalue weighted by atomic mass is 32.2. The maximum absolute atomic E-state index is 14.1. The number of anilines is 1. The van der Waals surface area contributed by atoms with Gasteiger partial charge in [0, 0.05) is 42.0 Å². The zero-order valence-corrected chi connectivity index (χ0v) is 18.1. The Bertz CT molecular complexity index is 1150. The molecule has 0 aliphatic carbocycles. The van der Waals surface area contributed by atoms with E-state index < -0.39 is 10.0 Å². The van der Waals surface area contributed by atoms with Gasteiger partial charge in [0.05, 0.1) is 16.9 Å². The summed E-state index contributed by atoms with van der Waals surface area (Å²) in [6.07, 6.45) is 0. The third-order valence-corrected chi connectivity index (χ3v) is 8.33. The van der Waals surface area contributed by atoms with Crippen LogP contribution in [0.15, 0.2) is 39.8 Å². The third-order valence-electron chi connectivity index (χ3n) is 5.11. The van der Waals surface area contributed by atoms with Crippen molar-refractivity contribution in [2.45, 2.75) is 25.7 Å². The van der Waals surface area contributed by atoms with E-state index in [9.17, 15) is 12.8 Å². The van der Waals surface area contributed by atoms with E-state index in [1.807, 2.05) is 18.7 Å². The summed E-state index contributed by atoms with van der Waals surface area (Å²) in [5.74, 6) is 0.170. The van der Waals surface area contributed by atoms with Crippen LogP contribution in [-0.2, 0) is 10.0 Å². The normalized spacial score (nSPS) is 15.8. The van der Waals surface area contributed by atoms with E-state index in [1.165, 1.54) is 21.7 Å². The highest BCUT2D eigenvalue weighted by Crippen LogP contribution is 2.40. The Balaban J connectivity index is 1.63. The quantitative estimate of drug-likeness (QED) is 0.620. The largest absolute Gasteiger partial charge is 0.367 e. The Morgan fingerprint density at radius 1 is 1.07 bits per heavy atom. The van der Waals surface area contributed by atoms with Crippen LogP contribution in [0.1, 0.15) is 15.4 Å². The van der Waals surface area contributed by atoms with Crippen LogP contribution in [0, 0.1) is 26.6 Å². The first-order valence-corrected chi connectivity index (χ1v) is 11.6. The molecule has 6 nitrogen and oxygen atoms in total. The third kappa shape index (κ3) is 3.58. The molecular formula is C20H22FN3O3S2. The zero-order valence-electron chi connectivity index (χ0n) is 16.5. The topological polar surface area (TPSA) is 66.7 Å². The summed E-state index contributed by atoms with van der Waals surface area (Å²) in [5.41, 5.74) is 1.79. The second-order valence-corrected chi connectivity index (χ2v) is 10.4. The average Bonchev–Trinajstić information content (AvgIpc) is 3.24. The van der Waals surface area contributed by atoms with Gasteiger partial charge in [0.1, 0.15) is 10.7 Å². The minimum atomic E-state index is -3.72. The Hall–Kier alpha value is -2.23. The molecule has 1 aliphatic rings. The minimum absolute atomic E-state index is 0.287. The number of halogens is 1. The van der Waals surface area contributed by atoms with Gasteiger partial charge in [0.25, 0.3) is 0 Å². The van der Waals surface area contributed by atoms with Crippen LogP contribution < -0.4 is 4.90 Å². The number of para-hydroxylation sites is 1. The lowest BCUT2D eigenvalue weighted by molar-refractivity contribution is 0.382. The molecule has 0 saturated carbocycles. The fraction of sp³-hybridized carbons (Fsp3) is 0.350. The standard InChI is InChI=1S/C20H22FN3O3S2/c1-13-12-18(27-22-13)19-14(2)28-15(3)20(19)29(25,26)24-10-8-23(9-11-24)17-7-5-4-6-16(17)21/h4-7,12H,8-11H2,1-3H3. The first-order valence-electron chi connectivity index (χ1n) is 9.32. The summed E-state index contributed by atoms with van der Waals surface area (Å²) in [7, 11) is -3.72. The van der Waals surface area contributed by atoms with Gasteiger partial charge in [-0.2, -0.15) is 4.31 Å². The lowest BCUT2D eigenvalue weighted by Gasteiger charge is -2.35. The molecule has 3 heterocycles. The van der Waals surface area contributed by atoms with Crippen molar-refractivity contribution in [3.05, 3.63) is 51.6 Å². The van der Waals surface area contributed by atoms with Crippen molar-refractivity contribution < 1.29 is 17.3 Å². The maximum Gasteiger partial charge on any atom is 0.245 e. The van der Waals surface area contributed by atoms with Gasteiger partial charge in [-0.1, -0.05) is 17.3 Å². The number of sulfonamides is 1. The van der Waals surface area contributed by atoms with Gasteiger partial charge in [-0.15, -0.1) is 11.3 Å². The number of nitrogens with zero attached hydrogens (tertiary/aromatic N) is 3. The lowest BCUT2D eigenvalue weighted by atomic mass is 10.2. The molecule has 29 heavy (non-hydrogen) atoms. The number of rotatable bonds is 4. The molecule has 0 atom stereocenters. The maximum atomic E-state index is 14.1. The zero-order chi connectivity index (χ0) is 20.8. The number of hydrogen-bond donors (Lipinski definition) is 0. The summed E-state index contributed by atoms with van der Waals surface area (Å²) in [4.78, 5) is 3.77. The van der Waals surface area contributed by atoms with Crippen molar-refractivity contribution in [2.24, 2.45) is 0 Å². The minimum Gasteiger partial charge on any atom is -0.367 e. The van der Waals surface area contributed by atoms with Gasteiger partial charge < -0.3 is 9.42 Å². The van der Waals surface area contributed by atoms with Gasteiger partial charge in [0.2, 0.25) is 10.0 Å². The van der Waals surface area contributed by atoms with Crippen molar-refractivity contribution in [1.82, 2.24) is 9.46 Å². The molecule has 4 rings (SSSR count). The van der Waals surface area contributed by atoms with E-state index >= 15 is 0 Å². The predicted molar refractivity (Wildman–Crippen MR) is 111 cm³/mol. The number of hydrogen-bond acceptors (Lipinski definition) is 6. The van der Waals surface area contributed by atoms with Crippen molar-refractivity contribution in [3.8, 4) is 11.3 Å². The van der Waals surface area contributed by atoms with Gasteiger partial charge >= 0.3 is 0 Å². The molecule has 9 heteroatoms. The van der Waals surface area contributed by atoms with Gasteiger partial charge in [-0.3, -0.25) is 0 Å². The van der Waals surface area contributed by atoms with Crippen LogP contribution in [-0.4, -0.2) is 44.1 Å². The van der Waals surface area contributed by atoms with Crippen molar-refractivity contribution >= 4 is 27.0 Å². The average molecular weight is 436 g/mol. The van der Waals surface area contributed by atoms with E-state index in [1.54, 1.807) is 31.2 Å². The first kappa shape index (κ1) is 20.1. The molecule has 0 radical (unpaired) electrons. The summed E-state index contributed by atoms with van der Waals surface area (Å²) in [6.45, 7) is 6.95. The van der Waals surface area contributed by atoms with Crippen LogP contribution in [0.5, 0.6) is 0 Å². The Kier molecular flexibility index (Phi) is 5.22. The second-order valence-electron chi connectivity index (χ2n) is 7.09. The van der Waals surface area contributed by atoms with Gasteiger partial charge in [-0.25, -0.2) is 12.8 Å². The molecule has 0 amide bonds. The Morgan fingerprint density at radius 2 is 1.76 bits per heavy atom. The highest BCUT2D eigenvalue weighted by molar-refractivity contribution is 7.89. The molecule has 2 aromatic heterocycles. The molecule has 1 aliphatic heterocycles. The van der Waals surface area contributed by atoms with Gasteiger partial charge in [-0.05, 0) is 32.9 Å². The smallest absolute Gasteiger partial charge is 0.245 e. The number of piperazine rings is 1. The Morgan fingerprint density at radius 3 is 2.38 bits per heavy atom. The molecule has 154 valence electrons. The Labute approximate surface area is 173 Å². The van der Waals surface area contributed by atoms with Crippen LogP contribution >= 0.6 is 11.3 Å². The van der Waals surface area contributed by atoms with Crippen LogP contribution in [0.4, 0.5) is 10.1 Å². The molecule has 0 unspecified atom stereocenters. The summed E-state index contributed by atoms with van der Waals surface area (Å²) in [6, 6.07) is 8.32.